The lowest BCUT2D eigenvalue weighted by Crippen LogP contribution is -2.52. The molecule has 0 radical (unpaired) electrons. The summed E-state index contributed by atoms with van der Waals surface area (Å²) in [5, 5.41) is 3.76. The van der Waals surface area contributed by atoms with Gasteiger partial charge >= 0.3 is 6.09 Å². The molecule has 6 nitrogen and oxygen atoms in total. The maximum atomic E-state index is 12.5. The Bertz CT molecular complexity index is 619. The van der Waals surface area contributed by atoms with E-state index in [2.05, 4.69) is 28.0 Å². The van der Waals surface area contributed by atoms with Crippen LogP contribution in [0.4, 0.5) is 4.79 Å². The van der Waals surface area contributed by atoms with E-state index in [4.69, 9.17) is 4.74 Å². The van der Waals surface area contributed by atoms with Crippen molar-refractivity contribution in [2.75, 3.05) is 6.54 Å². The predicted octanol–water partition coefficient (Wildman–Crippen LogP) is 2.88. The average Bonchev–Trinajstić information content (AvgIpc) is 3.10. The molecular weight excluding hydrogens is 316 g/mol. The molecule has 0 unspecified atom stereocenters. The number of nitrogens with one attached hydrogen (secondary N) is 1. The third-order valence-corrected chi connectivity index (χ3v) is 5.12. The second-order valence-electron chi connectivity index (χ2n) is 8.53. The summed E-state index contributed by atoms with van der Waals surface area (Å²) >= 11 is 0. The van der Waals surface area contributed by atoms with Gasteiger partial charge in [-0.2, -0.15) is 0 Å². The van der Waals surface area contributed by atoms with Gasteiger partial charge in [0.05, 0.1) is 11.7 Å². The summed E-state index contributed by atoms with van der Waals surface area (Å²) in [7, 11) is 0. The van der Waals surface area contributed by atoms with Crippen molar-refractivity contribution >= 4 is 6.09 Å². The number of amides is 1. The molecule has 3 atom stereocenters. The molecule has 6 heteroatoms. The van der Waals surface area contributed by atoms with Crippen LogP contribution >= 0.6 is 0 Å². The number of nitrogens with zero attached hydrogens (tertiary/aromatic N) is 3. The Morgan fingerprint density at radius 1 is 1.40 bits per heavy atom. The van der Waals surface area contributed by atoms with Crippen molar-refractivity contribution in [2.24, 2.45) is 0 Å². The first-order valence-electron chi connectivity index (χ1n) is 9.51. The van der Waals surface area contributed by atoms with E-state index in [0.29, 0.717) is 6.04 Å². The number of hydrogen-bond acceptors (Lipinski definition) is 4. The van der Waals surface area contributed by atoms with E-state index in [0.717, 1.165) is 44.5 Å². The first kappa shape index (κ1) is 18.2. The molecule has 140 valence electrons. The van der Waals surface area contributed by atoms with Crippen molar-refractivity contribution in [3.8, 4) is 0 Å². The van der Waals surface area contributed by atoms with Gasteiger partial charge in [0.2, 0.25) is 0 Å². The van der Waals surface area contributed by atoms with E-state index >= 15 is 0 Å². The quantitative estimate of drug-likeness (QED) is 0.912. The summed E-state index contributed by atoms with van der Waals surface area (Å²) in [5.41, 5.74) is 0.649. The number of carbonyl (C=O) groups excluding carboxylic acids is 1. The Balaban J connectivity index is 1.59. The number of aryl methyl sites for hydroxylation is 2. The van der Waals surface area contributed by atoms with Crippen LogP contribution in [0.2, 0.25) is 0 Å². The van der Waals surface area contributed by atoms with Crippen LogP contribution < -0.4 is 5.32 Å². The number of rotatable bonds is 3. The molecule has 1 saturated heterocycles. The third kappa shape index (κ3) is 4.35. The van der Waals surface area contributed by atoms with Crippen LogP contribution in [0.3, 0.4) is 0 Å². The van der Waals surface area contributed by atoms with E-state index in [9.17, 15) is 4.79 Å². The molecular formula is C19H32N4O2. The molecule has 3 rings (SSSR count). The lowest BCUT2D eigenvalue weighted by Gasteiger charge is -2.35. The smallest absolute Gasteiger partial charge is 0.410 e. The van der Waals surface area contributed by atoms with E-state index in [1.165, 1.54) is 5.82 Å². The zero-order valence-corrected chi connectivity index (χ0v) is 16.2. The van der Waals surface area contributed by atoms with Gasteiger partial charge in [0, 0.05) is 37.8 Å². The van der Waals surface area contributed by atoms with E-state index in [-0.39, 0.29) is 18.2 Å². The van der Waals surface area contributed by atoms with E-state index < -0.39 is 5.60 Å². The minimum absolute atomic E-state index is 0.181. The Morgan fingerprint density at radius 2 is 2.16 bits per heavy atom. The molecule has 1 N–H and O–H groups in total. The number of ether oxygens (including phenoxy) is 1. The first-order chi connectivity index (χ1) is 11.7. The van der Waals surface area contributed by atoms with Gasteiger partial charge in [0.1, 0.15) is 11.4 Å². The lowest BCUT2D eigenvalue weighted by atomic mass is 10.0. The highest BCUT2D eigenvalue weighted by molar-refractivity contribution is 5.69. The molecule has 1 aromatic rings. The molecule has 0 aromatic carbocycles. The van der Waals surface area contributed by atoms with Crippen LogP contribution in [0.25, 0.3) is 0 Å². The van der Waals surface area contributed by atoms with Gasteiger partial charge in [0.15, 0.2) is 0 Å². The van der Waals surface area contributed by atoms with E-state index in [1.807, 2.05) is 32.6 Å². The second kappa shape index (κ2) is 6.98. The second-order valence-corrected chi connectivity index (χ2v) is 8.53. The summed E-state index contributed by atoms with van der Waals surface area (Å²) in [5.74, 6) is 1.19. The zero-order valence-electron chi connectivity index (χ0n) is 16.2. The highest BCUT2D eigenvalue weighted by Crippen LogP contribution is 2.24. The van der Waals surface area contributed by atoms with Crippen LogP contribution in [0.5, 0.6) is 0 Å². The Hall–Kier alpha value is -1.56. The molecule has 0 aliphatic carbocycles. The summed E-state index contributed by atoms with van der Waals surface area (Å²) in [6, 6.07) is 0.893. The minimum Gasteiger partial charge on any atom is -0.444 e. The molecule has 0 spiro atoms. The molecule has 0 bridgehead atoms. The van der Waals surface area contributed by atoms with Gasteiger partial charge in [0.25, 0.3) is 0 Å². The largest absolute Gasteiger partial charge is 0.444 e. The SMILES string of the molecule is Cc1cn2c(n1)CC[C@H](N[C@H](C)[C@@H]1CCCN1C(=O)OC(C)(C)C)C2. The first-order valence-corrected chi connectivity index (χ1v) is 9.51. The van der Waals surface area contributed by atoms with Gasteiger partial charge in [-0.1, -0.05) is 0 Å². The summed E-state index contributed by atoms with van der Waals surface area (Å²) in [4.78, 5) is 19.0. The maximum Gasteiger partial charge on any atom is 0.410 e. The summed E-state index contributed by atoms with van der Waals surface area (Å²) < 4.78 is 7.86. The van der Waals surface area contributed by atoms with Gasteiger partial charge in [-0.15, -0.1) is 0 Å². The molecule has 3 heterocycles. The van der Waals surface area contributed by atoms with Crippen molar-refractivity contribution in [2.45, 2.75) is 90.6 Å². The highest BCUT2D eigenvalue weighted by Gasteiger charge is 2.36. The normalized spacial score (nSPS) is 24.9. The highest BCUT2D eigenvalue weighted by atomic mass is 16.6. The monoisotopic (exact) mass is 348 g/mol. The number of fused-ring (bicyclic) bond motifs is 1. The number of carbonyl (C=O) groups is 1. The fraction of sp³-hybridized carbons (Fsp3) is 0.789. The van der Waals surface area contributed by atoms with Crippen molar-refractivity contribution in [3.05, 3.63) is 17.7 Å². The fourth-order valence-electron chi connectivity index (χ4n) is 4.06. The van der Waals surface area contributed by atoms with Crippen LogP contribution in [0.1, 0.15) is 58.5 Å². The molecule has 1 fully saturated rings. The Labute approximate surface area is 150 Å². The standard InChI is InChI=1S/C19H32N4O2/c1-13-11-22-12-15(8-9-17(22)20-13)21-14(2)16-7-6-10-23(16)18(24)25-19(3,4)5/h11,14-16,21H,6-10,12H2,1-5H3/t14-,15+,16+/m1/s1. The van der Waals surface area contributed by atoms with E-state index in [1.54, 1.807) is 0 Å². The molecule has 25 heavy (non-hydrogen) atoms. The predicted molar refractivity (Wildman–Crippen MR) is 97.6 cm³/mol. The van der Waals surface area contributed by atoms with Crippen molar-refractivity contribution in [1.82, 2.24) is 19.8 Å². The number of aromatic nitrogens is 2. The van der Waals surface area contributed by atoms with Crippen molar-refractivity contribution in [1.29, 1.82) is 0 Å². The van der Waals surface area contributed by atoms with Crippen LogP contribution in [-0.2, 0) is 17.7 Å². The maximum absolute atomic E-state index is 12.5. The van der Waals surface area contributed by atoms with Gasteiger partial charge in [-0.3, -0.25) is 0 Å². The van der Waals surface area contributed by atoms with Crippen LogP contribution in [-0.4, -0.2) is 50.8 Å². The van der Waals surface area contributed by atoms with Gasteiger partial charge in [-0.05, 0) is 53.9 Å². The van der Waals surface area contributed by atoms with Crippen molar-refractivity contribution in [3.63, 3.8) is 0 Å². The zero-order chi connectivity index (χ0) is 18.2. The van der Waals surface area contributed by atoms with Crippen LogP contribution in [0.15, 0.2) is 6.20 Å². The average molecular weight is 348 g/mol. The van der Waals surface area contributed by atoms with Gasteiger partial charge in [-0.25, -0.2) is 9.78 Å². The fourth-order valence-corrected chi connectivity index (χ4v) is 4.06. The Morgan fingerprint density at radius 3 is 2.88 bits per heavy atom. The third-order valence-electron chi connectivity index (χ3n) is 5.12. The number of hydrogen-bond donors (Lipinski definition) is 1. The topological polar surface area (TPSA) is 59.4 Å². The van der Waals surface area contributed by atoms with Gasteiger partial charge < -0.3 is 19.5 Å². The summed E-state index contributed by atoms with van der Waals surface area (Å²) in [6.07, 6.45) is 6.15. The summed E-state index contributed by atoms with van der Waals surface area (Å²) in [6.45, 7) is 11.8. The molecule has 1 amide bonds. The molecule has 0 saturated carbocycles. The molecule has 2 aliphatic heterocycles. The Kier molecular flexibility index (Phi) is 5.09. The molecule has 2 aliphatic rings. The van der Waals surface area contributed by atoms with Crippen molar-refractivity contribution < 1.29 is 9.53 Å². The lowest BCUT2D eigenvalue weighted by molar-refractivity contribution is 0.0195. The number of imidazole rings is 1. The molecule has 1 aromatic heterocycles. The number of likely N-dealkylation sites (tertiary alicyclic amines) is 1. The minimum atomic E-state index is -0.445. The van der Waals surface area contributed by atoms with Crippen LogP contribution in [0, 0.1) is 6.92 Å².